The molecular formula is C19H20Cl2FN3O3. The van der Waals surface area contributed by atoms with Gasteiger partial charge in [0.05, 0.1) is 31.1 Å². The van der Waals surface area contributed by atoms with Gasteiger partial charge in [-0.25, -0.2) is 4.39 Å². The number of rotatable bonds is 7. The zero-order valence-corrected chi connectivity index (χ0v) is 17.1. The van der Waals surface area contributed by atoms with E-state index in [4.69, 9.17) is 27.9 Å². The van der Waals surface area contributed by atoms with Crippen LogP contribution < -0.4 is 15.4 Å². The summed E-state index contributed by atoms with van der Waals surface area (Å²) >= 11 is 11.6. The second kappa shape index (κ2) is 9.73. The number of amides is 2. The van der Waals surface area contributed by atoms with Gasteiger partial charge in [-0.15, -0.1) is 0 Å². The molecule has 150 valence electrons. The third-order valence-corrected chi connectivity index (χ3v) is 4.53. The van der Waals surface area contributed by atoms with E-state index in [-0.39, 0.29) is 23.2 Å². The van der Waals surface area contributed by atoms with E-state index in [0.29, 0.717) is 16.5 Å². The van der Waals surface area contributed by atoms with Gasteiger partial charge < -0.3 is 15.4 Å². The zero-order valence-electron chi connectivity index (χ0n) is 15.6. The highest BCUT2D eigenvalue weighted by Gasteiger charge is 2.21. The van der Waals surface area contributed by atoms with Crippen molar-refractivity contribution in [3.8, 4) is 5.75 Å². The van der Waals surface area contributed by atoms with Crippen molar-refractivity contribution in [3.05, 3.63) is 52.3 Å². The van der Waals surface area contributed by atoms with Gasteiger partial charge in [-0.1, -0.05) is 23.2 Å². The van der Waals surface area contributed by atoms with Crippen molar-refractivity contribution < 1.29 is 18.7 Å². The molecule has 0 spiro atoms. The first kappa shape index (κ1) is 21.9. The van der Waals surface area contributed by atoms with Gasteiger partial charge in [0.2, 0.25) is 11.8 Å². The van der Waals surface area contributed by atoms with Crippen LogP contribution in [-0.4, -0.2) is 43.5 Å². The maximum absolute atomic E-state index is 13.8. The molecule has 2 rings (SSSR count). The Morgan fingerprint density at radius 1 is 1.11 bits per heavy atom. The van der Waals surface area contributed by atoms with Gasteiger partial charge in [0, 0.05) is 10.0 Å². The van der Waals surface area contributed by atoms with Gasteiger partial charge in [0.1, 0.15) is 11.6 Å². The van der Waals surface area contributed by atoms with Crippen molar-refractivity contribution in [1.82, 2.24) is 4.90 Å². The predicted octanol–water partition coefficient (Wildman–Crippen LogP) is 4.04. The summed E-state index contributed by atoms with van der Waals surface area (Å²) < 4.78 is 19.0. The Morgan fingerprint density at radius 3 is 2.39 bits per heavy atom. The van der Waals surface area contributed by atoms with Crippen LogP contribution in [0.1, 0.15) is 6.92 Å². The number of carbonyl (C=O) groups excluding carboxylic acids is 2. The number of anilines is 2. The van der Waals surface area contributed by atoms with Crippen molar-refractivity contribution in [1.29, 1.82) is 0 Å². The molecule has 0 saturated heterocycles. The second-order valence-electron chi connectivity index (χ2n) is 6.10. The summed E-state index contributed by atoms with van der Waals surface area (Å²) in [6, 6.07) is 8.11. The summed E-state index contributed by atoms with van der Waals surface area (Å²) in [5.74, 6) is -0.997. The lowest BCUT2D eigenvalue weighted by atomic mass is 10.2. The summed E-state index contributed by atoms with van der Waals surface area (Å²) in [4.78, 5) is 26.2. The van der Waals surface area contributed by atoms with Crippen LogP contribution >= 0.6 is 23.2 Å². The number of carbonyl (C=O) groups is 2. The van der Waals surface area contributed by atoms with E-state index in [1.165, 1.54) is 24.1 Å². The van der Waals surface area contributed by atoms with Crippen molar-refractivity contribution in [2.75, 3.05) is 31.3 Å². The van der Waals surface area contributed by atoms with Gasteiger partial charge >= 0.3 is 0 Å². The standard InChI is InChI=1S/C19H20Cl2FN3O3/c1-11(19(27)24-15-6-4-12(20)8-14(15)22)25(2)10-18(26)23-16-9-13(21)5-7-17(16)28-3/h4-9,11H,10H2,1-3H3,(H,23,26)(H,24,27). The zero-order chi connectivity index (χ0) is 20.8. The highest BCUT2D eigenvalue weighted by molar-refractivity contribution is 6.31. The minimum Gasteiger partial charge on any atom is -0.495 e. The molecule has 9 heteroatoms. The molecule has 0 aliphatic carbocycles. The molecule has 0 fully saturated rings. The van der Waals surface area contributed by atoms with Crippen LogP contribution in [0.3, 0.4) is 0 Å². The highest BCUT2D eigenvalue weighted by atomic mass is 35.5. The maximum Gasteiger partial charge on any atom is 0.241 e. The first-order valence-electron chi connectivity index (χ1n) is 8.30. The molecule has 1 unspecified atom stereocenters. The predicted molar refractivity (Wildman–Crippen MR) is 109 cm³/mol. The third kappa shape index (κ3) is 5.82. The smallest absolute Gasteiger partial charge is 0.241 e. The Balaban J connectivity index is 1.97. The van der Waals surface area contributed by atoms with Crippen LogP contribution in [0, 0.1) is 5.82 Å². The molecule has 0 bridgehead atoms. The number of hydrogen-bond donors (Lipinski definition) is 2. The highest BCUT2D eigenvalue weighted by Crippen LogP contribution is 2.27. The molecule has 2 N–H and O–H groups in total. The first-order chi connectivity index (χ1) is 13.2. The Morgan fingerprint density at radius 2 is 1.75 bits per heavy atom. The average Bonchev–Trinajstić information content (AvgIpc) is 2.63. The number of halogens is 3. The summed E-state index contributed by atoms with van der Waals surface area (Å²) in [6.45, 7) is 1.53. The van der Waals surface area contributed by atoms with E-state index in [1.807, 2.05) is 0 Å². The molecule has 2 amide bonds. The van der Waals surface area contributed by atoms with E-state index < -0.39 is 17.8 Å². The molecule has 6 nitrogen and oxygen atoms in total. The topological polar surface area (TPSA) is 70.7 Å². The molecule has 0 heterocycles. The summed E-state index contributed by atoms with van der Waals surface area (Å²) in [6.07, 6.45) is 0. The molecule has 0 aliphatic heterocycles. The Labute approximate surface area is 172 Å². The Bertz CT molecular complexity index is 879. The van der Waals surface area contributed by atoms with Gasteiger partial charge in [-0.05, 0) is 50.4 Å². The fraction of sp³-hybridized carbons (Fsp3) is 0.263. The third-order valence-electron chi connectivity index (χ3n) is 4.06. The van der Waals surface area contributed by atoms with Gasteiger partial charge in [0.25, 0.3) is 0 Å². The quantitative estimate of drug-likeness (QED) is 0.699. The molecule has 2 aromatic rings. The van der Waals surface area contributed by atoms with Gasteiger partial charge in [-0.2, -0.15) is 0 Å². The molecule has 0 radical (unpaired) electrons. The molecular weight excluding hydrogens is 408 g/mol. The van der Waals surface area contributed by atoms with Crippen LogP contribution in [0.5, 0.6) is 5.75 Å². The largest absolute Gasteiger partial charge is 0.495 e. The van der Waals surface area contributed by atoms with Gasteiger partial charge in [-0.3, -0.25) is 14.5 Å². The van der Waals surface area contributed by atoms with Crippen LogP contribution in [0.2, 0.25) is 10.0 Å². The molecule has 28 heavy (non-hydrogen) atoms. The normalized spacial score (nSPS) is 11.8. The molecule has 0 aliphatic rings. The summed E-state index contributed by atoms with van der Waals surface area (Å²) in [5, 5.41) is 5.86. The van der Waals surface area contributed by atoms with Crippen molar-refractivity contribution in [2.24, 2.45) is 0 Å². The molecule has 1 atom stereocenters. The number of ether oxygens (including phenoxy) is 1. The first-order valence-corrected chi connectivity index (χ1v) is 9.06. The fourth-order valence-corrected chi connectivity index (χ4v) is 2.69. The van der Waals surface area contributed by atoms with E-state index in [2.05, 4.69) is 10.6 Å². The summed E-state index contributed by atoms with van der Waals surface area (Å²) in [7, 11) is 3.09. The van der Waals surface area contributed by atoms with Crippen LogP contribution in [0.15, 0.2) is 36.4 Å². The van der Waals surface area contributed by atoms with Gasteiger partial charge in [0.15, 0.2) is 0 Å². The molecule has 2 aromatic carbocycles. The number of nitrogens with zero attached hydrogens (tertiary/aromatic N) is 1. The fourth-order valence-electron chi connectivity index (χ4n) is 2.36. The number of methoxy groups -OCH3 is 1. The average molecular weight is 428 g/mol. The number of likely N-dealkylation sites (N-methyl/N-ethyl adjacent to an activating group) is 1. The van der Waals surface area contributed by atoms with E-state index in [1.54, 1.807) is 32.2 Å². The van der Waals surface area contributed by atoms with Crippen molar-refractivity contribution in [3.63, 3.8) is 0 Å². The number of benzene rings is 2. The van der Waals surface area contributed by atoms with Crippen LogP contribution in [0.25, 0.3) is 0 Å². The lowest BCUT2D eigenvalue weighted by Crippen LogP contribution is -2.43. The lowest BCUT2D eigenvalue weighted by Gasteiger charge is -2.23. The number of nitrogens with one attached hydrogen (secondary N) is 2. The Hall–Kier alpha value is -2.35. The van der Waals surface area contributed by atoms with Crippen LogP contribution in [0.4, 0.5) is 15.8 Å². The maximum atomic E-state index is 13.8. The minimum absolute atomic E-state index is 0.0164. The van der Waals surface area contributed by atoms with Crippen molar-refractivity contribution >= 4 is 46.4 Å². The Kier molecular flexibility index (Phi) is 7.62. The van der Waals surface area contributed by atoms with E-state index in [9.17, 15) is 14.0 Å². The molecule has 0 saturated carbocycles. The monoisotopic (exact) mass is 427 g/mol. The number of hydrogen-bond acceptors (Lipinski definition) is 4. The lowest BCUT2D eigenvalue weighted by molar-refractivity contribution is -0.122. The van der Waals surface area contributed by atoms with E-state index >= 15 is 0 Å². The van der Waals surface area contributed by atoms with Crippen molar-refractivity contribution in [2.45, 2.75) is 13.0 Å². The van der Waals surface area contributed by atoms with E-state index in [0.717, 1.165) is 6.07 Å². The minimum atomic E-state index is -0.693. The molecule has 0 aromatic heterocycles. The summed E-state index contributed by atoms with van der Waals surface area (Å²) in [5.41, 5.74) is 0.441. The SMILES string of the molecule is COc1ccc(Cl)cc1NC(=O)CN(C)C(C)C(=O)Nc1ccc(Cl)cc1F. The second-order valence-corrected chi connectivity index (χ2v) is 6.97. The van der Waals surface area contributed by atoms with Crippen LogP contribution in [-0.2, 0) is 9.59 Å².